The molecule has 0 saturated carbocycles. The molecule has 0 atom stereocenters. The third-order valence-electron chi connectivity index (χ3n) is 3.24. The number of rotatable bonds is 8. The second kappa shape index (κ2) is 8.22. The lowest BCUT2D eigenvalue weighted by molar-refractivity contribution is 0.0697. The van der Waals surface area contributed by atoms with Crippen LogP contribution in [0, 0.1) is 6.92 Å². The third-order valence-corrected chi connectivity index (χ3v) is 3.80. The number of halogens is 2. The quantitative estimate of drug-likeness (QED) is 0.688. The van der Waals surface area contributed by atoms with Crippen LogP contribution in [-0.4, -0.2) is 22.8 Å². The normalized spacial score (nSPS) is 10.7. The summed E-state index contributed by atoms with van der Waals surface area (Å²) in [5.74, 6) is 0.131. The number of unbranched alkanes of at least 4 members (excludes halogenated alkanes) is 2. The predicted octanol–water partition coefficient (Wildman–Crippen LogP) is 4.78. The molecule has 23 heavy (non-hydrogen) atoms. The first-order valence-corrected chi connectivity index (χ1v) is 8.00. The Morgan fingerprint density at radius 1 is 1.22 bits per heavy atom. The molecule has 124 valence electrons. The molecule has 0 aliphatic heterocycles. The van der Waals surface area contributed by atoms with Gasteiger partial charge in [0.1, 0.15) is 5.76 Å². The smallest absolute Gasteiger partial charge is 0.335 e. The van der Waals surface area contributed by atoms with Crippen molar-refractivity contribution < 1.29 is 19.2 Å². The summed E-state index contributed by atoms with van der Waals surface area (Å²) in [4.78, 5) is 10.9. The molecule has 0 spiro atoms. The molecule has 5 nitrogen and oxygen atoms in total. The molecule has 1 heterocycles. The number of aromatic nitrogens is 1. The maximum absolute atomic E-state index is 10.9. The van der Waals surface area contributed by atoms with Crippen LogP contribution in [0.5, 0.6) is 5.75 Å². The summed E-state index contributed by atoms with van der Waals surface area (Å²) in [7, 11) is 0. The van der Waals surface area contributed by atoms with Crippen molar-refractivity contribution in [3.63, 3.8) is 0 Å². The number of nitrogens with zero attached hydrogens (tertiary/aromatic N) is 1. The Hall–Kier alpha value is -1.72. The number of aromatic carboxylic acids is 1. The first-order chi connectivity index (χ1) is 11.0. The van der Waals surface area contributed by atoms with Crippen LogP contribution in [0.25, 0.3) is 0 Å². The summed E-state index contributed by atoms with van der Waals surface area (Å²) >= 11 is 12.0. The van der Waals surface area contributed by atoms with E-state index in [2.05, 4.69) is 5.16 Å². The highest BCUT2D eigenvalue weighted by atomic mass is 35.5. The van der Waals surface area contributed by atoms with Gasteiger partial charge in [0, 0.05) is 12.5 Å². The monoisotopic (exact) mass is 357 g/mol. The summed E-state index contributed by atoms with van der Waals surface area (Å²) in [6.45, 7) is 2.35. The van der Waals surface area contributed by atoms with E-state index in [1.807, 2.05) is 13.0 Å². The van der Waals surface area contributed by atoms with E-state index in [1.165, 1.54) is 12.1 Å². The van der Waals surface area contributed by atoms with Gasteiger partial charge in [0.2, 0.25) is 0 Å². The van der Waals surface area contributed by atoms with Gasteiger partial charge in [-0.25, -0.2) is 4.79 Å². The van der Waals surface area contributed by atoms with E-state index in [0.717, 1.165) is 37.1 Å². The van der Waals surface area contributed by atoms with Gasteiger partial charge in [0.15, 0.2) is 5.75 Å². The molecule has 1 aromatic carbocycles. The second-order valence-electron chi connectivity index (χ2n) is 5.17. The molecule has 1 aromatic heterocycles. The summed E-state index contributed by atoms with van der Waals surface area (Å²) in [6, 6.07) is 4.59. The van der Waals surface area contributed by atoms with Gasteiger partial charge in [-0.15, -0.1) is 0 Å². The van der Waals surface area contributed by atoms with Crippen molar-refractivity contribution in [3.8, 4) is 5.75 Å². The van der Waals surface area contributed by atoms with Crippen LogP contribution in [0.4, 0.5) is 0 Å². The largest absolute Gasteiger partial charge is 0.490 e. The van der Waals surface area contributed by atoms with Gasteiger partial charge in [-0.2, -0.15) is 0 Å². The van der Waals surface area contributed by atoms with E-state index < -0.39 is 5.97 Å². The average Bonchev–Trinajstić information content (AvgIpc) is 2.90. The number of carboxylic acids is 1. The fourth-order valence-electron chi connectivity index (χ4n) is 2.11. The minimum absolute atomic E-state index is 0.0368. The third kappa shape index (κ3) is 5.15. The maximum Gasteiger partial charge on any atom is 0.335 e. The highest BCUT2D eigenvalue weighted by Crippen LogP contribution is 2.34. The highest BCUT2D eigenvalue weighted by molar-refractivity contribution is 6.37. The number of carbonyl (C=O) groups is 1. The summed E-state index contributed by atoms with van der Waals surface area (Å²) in [5.41, 5.74) is 0.923. The van der Waals surface area contributed by atoms with Gasteiger partial charge < -0.3 is 14.4 Å². The maximum atomic E-state index is 10.9. The Morgan fingerprint density at radius 3 is 2.48 bits per heavy atom. The lowest BCUT2D eigenvalue weighted by Crippen LogP contribution is -2.01. The zero-order valence-corrected chi connectivity index (χ0v) is 14.2. The van der Waals surface area contributed by atoms with Crippen molar-refractivity contribution in [1.82, 2.24) is 5.16 Å². The van der Waals surface area contributed by atoms with Crippen LogP contribution >= 0.6 is 23.2 Å². The van der Waals surface area contributed by atoms with Crippen molar-refractivity contribution in [2.75, 3.05) is 6.61 Å². The number of hydrogen-bond acceptors (Lipinski definition) is 4. The second-order valence-corrected chi connectivity index (χ2v) is 5.98. The number of aryl methyl sites for hydroxylation is 2. The first kappa shape index (κ1) is 17.6. The lowest BCUT2D eigenvalue weighted by atomic mass is 10.1. The predicted molar refractivity (Wildman–Crippen MR) is 87.7 cm³/mol. The molecule has 1 N–H and O–H groups in total. The molecule has 0 radical (unpaired) electrons. The molecule has 0 aliphatic rings. The average molecular weight is 358 g/mol. The van der Waals surface area contributed by atoms with Crippen LogP contribution in [-0.2, 0) is 6.42 Å². The van der Waals surface area contributed by atoms with Crippen molar-refractivity contribution in [1.29, 1.82) is 0 Å². The van der Waals surface area contributed by atoms with E-state index in [-0.39, 0.29) is 15.6 Å². The van der Waals surface area contributed by atoms with Gasteiger partial charge in [0.05, 0.1) is 27.9 Å². The topological polar surface area (TPSA) is 72.6 Å². The summed E-state index contributed by atoms with van der Waals surface area (Å²) in [6.07, 6.45) is 3.61. The van der Waals surface area contributed by atoms with Gasteiger partial charge in [-0.05, 0) is 38.3 Å². The Balaban J connectivity index is 1.75. The molecule has 0 saturated heterocycles. The highest BCUT2D eigenvalue weighted by Gasteiger charge is 2.13. The molecule has 0 fully saturated rings. The Kier molecular flexibility index (Phi) is 6.30. The molecule has 0 bridgehead atoms. The Morgan fingerprint density at radius 2 is 1.91 bits per heavy atom. The van der Waals surface area contributed by atoms with Gasteiger partial charge in [-0.1, -0.05) is 28.4 Å². The van der Waals surface area contributed by atoms with Crippen molar-refractivity contribution in [3.05, 3.63) is 45.3 Å². The van der Waals surface area contributed by atoms with E-state index in [1.54, 1.807) is 0 Å². The zero-order chi connectivity index (χ0) is 16.8. The van der Waals surface area contributed by atoms with E-state index in [0.29, 0.717) is 12.4 Å². The van der Waals surface area contributed by atoms with Gasteiger partial charge in [-0.3, -0.25) is 0 Å². The van der Waals surface area contributed by atoms with E-state index in [4.69, 9.17) is 37.6 Å². The Bertz CT molecular complexity index is 661. The van der Waals surface area contributed by atoms with Gasteiger partial charge >= 0.3 is 5.97 Å². The van der Waals surface area contributed by atoms with Crippen LogP contribution < -0.4 is 4.74 Å². The van der Waals surface area contributed by atoms with Crippen LogP contribution in [0.3, 0.4) is 0 Å². The van der Waals surface area contributed by atoms with Gasteiger partial charge in [0.25, 0.3) is 0 Å². The molecular weight excluding hydrogens is 341 g/mol. The fraction of sp³-hybridized carbons (Fsp3) is 0.375. The standard InChI is InChI=1S/C16H17Cl2NO4/c1-10-7-12(23-19-10)5-3-2-4-6-22-15-13(17)8-11(16(20)21)9-14(15)18/h7-9H,2-6H2,1H3,(H,20,21). The Labute approximate surface area is 144 Å². The fourth-order valence-corrected chi connectivity index (χ4v) is 2.70. The molecule has 0 unspecified atom stereocenters. The molecule has 0 aliphatic carbocycles. The number of benzene rings is 1. The number of hydrogen-bond donors (Lipinski definition) is 1. The zero-order valence-electron chi connectivity index (χ0n) is 12.6. The molecule has 7 heteroatoms. The van der Waals surface area contributed by atoms with Crippen molar-refractivity contribution in [2.24, 2.45) is 0 Å². The first-order valence-electron chi connectivity index (χ1n) is 7.24. The van der Waals surface area contributed by atoms with Crippen LogP contribution in [0.15, 0.2) is 22.7 Å². The number of ether oxygens (including phenoxy) is 1. The minimum Gasteiger partial charge on any atom is -0.490 e. The van der Waals surface area contributed by atoms with Crippen LogP contribution in [0.1, 0.15) is 41.1 Å². The molecular formula is C16H17Cl2NO4. The molecule has 2 rings (SSSR count). The molecule has 0 amide bonds. The minimum atomic E-state index is -1.08. The summed E-state index contributed by atoms with van der Waals surface area (Å²) in [5, 5.41) is 13.2. The van der Waals surface area contributed by atoms with Crippen molar-refractivity contribution >= 4 is 29.2 Å². The summed E-state index contributed by atoms with van der Waals surface area (Å²) < 4.78 is 10.7. The number of carboxylic acid groups (broad SMARTS) is 1. The van der Waals surface area contributed by atoms with E-state index >= 15 is 0 Å². The van der Waals surface area contributed by atoms with Crippen LogP contribution in [0.2, 0.25) is 10.0 Å². The van der Waals surface area contributed by atoms with E-state index in [9.17, 15) is 4.79 Å². The SMILES string of the molecule is Cc1cc(CCCCCOc2c(Cl)cc(C(=O)O)cc2Cl)on1. The lowest BCUT2D eigenvalue weighted by Gasteiger charge is -2.10. The molecule has 2 aromatic rings. The van der Waals surface area contributed by atoms with Crippen molar-refractivity contribution in [2.45, 2.75) is 32.6 Å².